The van der Waals surface area contributed by atoms with Crippen molar-refractivity contribution in [2.75, 3.05) is 16.8 Å². The Labute approximate surface area is 154 Å². The Morgan fingerprint density at radius 2 is 1.81 bits per heavy atom. The molecule has 0 unspecified atom stereocenters. The van der Waals surface area contributed by atoms with Crippen molar-refractivity contribution >= 4 is 17.5 Å². The number of aryl methyl sites for hydroxylation is 3. The Bertz CT molecular complexity index is 902. The maximum absolute atomic E-state index is 4.79. The summed E-state index contributed by atoms with van der Waals surface area (Å²) in [6.45, 7) is 5.84. The Balaban J connectivity index is 1.58. The number of fused-ring (bicyclic) bond motifs is 1. The van der Waals surface area contributed by atoms with Gasteiger partial charge in [-0.15, -0.1) is 0 Å². The minimum Gasteiger partial charge on any atom is -0.350 e. The van der Waals surface area contributed by atoms with Gasteiger partial charge in [0.05, 0.1) is 0 Å². The lowest BCUT2D eigenvalue weighted by atomic mass is 10.0. The van der Waals surface area contributed by atoms with E-state index in [1.165, 1.54) is 22.4 Å². The quantitative estimate of drug-likeness (QED) is 0.739. The molecule has 1 N–H and O–H groups in total. The van der Waals surface area contributed by atoms with Gasteiger partial charge in [0.15, 0.2) is 0 Å². The average molecular weight is 344 g/mol. The second kappa shape index (κ2) is 7.16. The Morgan fingerprint density at radius 1 is 1.00 bits per heavy atom. The normalized spacial score (nSPS) is 13.4. The lowest BCUT2D eigenvalue weighted by Crippen LogP contribution is -2.25. The highest BCUT2D eigenvalue weighted by molar-refractivity contribution is 5.66. The predicted molar refractivity (Wildman–Crippen MR) is 107 cm³/mol. The molecule has 132 valence electrons. The van der Waals surface area contributed by atoms with Crippen LogP contribution < -0.4 is 10.2 Å². The molecule has 0 bridgehead atoms. The summed E-state index contributed by atoms with van der Waals surface area (Å²) in [5, 5.41) is 3.38. The molecular formula is C22H24N4. The number of anilines is 3. The van der Waals surface area contributed by atoms with Crippen LogP contribution >= 0.6 is 0 Å². The predicted octanol–water partition coefficient (Wildman–Crippen LogP) is 4.79. The van der Waals surface area contributed by atoms with Crippen LogP contribution in [0.5, 0.6) is 0 Å². The average Bonchev–Trinajstić information content (AvgIpc) is 2.67. The van der Waals surface area contributed by atoms with E-state index in [1.807, 2.05) is 6.92 Å². The van der Waals surface area contributed by atoms with E-state index in [4.69, 9.17) is 4.98 Å². The highest BCUT2D eigenvalue weighted by Gasteiger charge is 2.19. The summed E-state index contributed by atoms with van der Waals surface area (Å²) in [6.07, 6.45) is 2.28. The molecule has 0 radical (unpaired) electrons. The molecule has 0 saturated carbocycles. The highest BCUT2D eigenvalue weighted by atomic mass is 15.2. The van der Waals surface area contributed by atoms with Gasteiger partial charge in [0.1, 0.15) is 5.82 Å². The van der Waals surface area contributed by atoms with E-state index < -0.39 is 0 Å². The Hall–Kier alpha value is -2.88. The van der Waals surface area contributed by atoms with E-state index >= 15 is 0 Å². The van der Waals surface area contributed by atoms with Crippen LogP contribution in [0.25, 0.3) is 0 Å². The molecule has 2 heterocycles. The highest BCUT2D eigenvalue weighted by Crippen LogP contribution is 2.32. The zero-order chi connectivity index (χ0) is 17.9. The molecule has 4 nitrogen and oxygen atoms in total. The smallest absolute Gasteiger partial charge is 0.225 e. The molecule has 2 aromatic carbocycles. The summed E-state index contributed by atoms with van der Waals surface area (Å²) >= 11 is 0. The zero-order valence-electron chi connectivity index (χ0n) is 15.4. The molecule has 4 rings (SSSR count). The first-order valence-electron chi connectivity index (χ1n) is 9.19. The second-order valence-electron chi connectivity index (χ2n) is 6.91. The van der Waals surface area contributed by atoms with E-state index in [-0.39, 0.29) is 0 Å². The second-order valence-corrected chi connectivity index (χ2v) is 6.91. The van der Waals surface area contributed by atoms with Gasteiger partial charge < -0.3 is 10.2 Å². The van der Waals surface area contributed by atoms with Crippen molar-refractivity contribution in [2.45, 2.75) is 33.2 Å². The van der Waals surface area contributed by atoms with Gasteiger partial charge >= 0.3 is 0 Å². The summed E-state index contributed by atoms with van der Waals surface area (Å²) < 4.78 is 0. The first-order chi connectivity index (χ1) is 12.7. The molecule has 0 fully saturated rings. The van der Waals surface area contributed by atoms with Gasteiger partial charge in [-0.05, 0) is 43.9 Å². The van der Waals surface area contributed by atoms with Gasteiger partial charge in [-0.25, -0.2) is 4.98 Å². The fraction of sp³-hybridized carbons (Fsp3) is 0.273. The minimum atomic E-state index is 0.684. The maximum Gasteiger partial charge on any atom is 0.225 e. The fourth-order valence-electron chi connectivity index (χ4n) is 3.43. The van der Waals surface area contributed by atoms with Gasteiger partial charge in [0.2, 0.25) is 5.95 Å². The molecule has 1 aromatic heterocycles. The van der Waals surface area contributed by atoms with Gasteiger partial charge in [-0.2, -0.15) is 4.98 Å². The summed E-state index contributed by atoms with van der Waals surface area (Å²) in [4.78, 5) is 11.7. The van der Waals surface area contributed by atoms with Crippen molar-refractivity contribution in [1.29, 1.82) is 0 Å². The van der Waals surface area contributed by atoms with Gasteiger partial charge in [-0.3, -0.25) is 0 Å². The molecule has 0 amide bonds. The van der Waals surface area contributed by atoms with Crippen LogP contribution in [0.15, 0.2) is 54.6 Å². The van der Waals surface area contributed by atoms with Gasteiger partial charge in [0.25, 0.3) is 0 Å². The van der Waals surface area contributed by atoms with Crippen LogP contribution in [0.4, 0.5) is 17.5 Å². The van der Waals surface area contributed by atoms with Crippen LogP contribution in [-0.4, -0.2) is 16.5 Å². The largest absolute Gasteiger partial charge is 0.350 e. The third-order valence-electron chi connectivity index (χ3n) is 4.80. The first kappa shape index (κ1) is 16.6. The van der Waals surface area contributed by atoms with E-state index in [2.05, 4.69) is 76.7 Å². The molecule has 0 saturated heterocycles. The molecule has 0 aliphatic carbocycles. The molecular weight excluding hydrogens is 320 g/mol. The number of nitrogens with zero attached hydrogens (tertiary/aromatic N) is 3. The molecule has 0 spiro atoms. The first-order valence-corrected chi connectivity index (χ1v) is 9.19. The van der Waals surface area contributed by atoms with E-state index in [0.717, 1.165) is 37.4 Å². The Kier molecular flexibility index (Phi) is 4.57. The van der Waals surface area contributed by atoms with E-state index in [9.17, 15) is 0 Å². The number of nitrogens with one attached hydrogen (secondary N) is 1. The van der Waals surface area contributed by atoms with E-state index in [0.29, 0.717) is 5.95 Å². The molecule has 1 aliphatic heterocycles. The number of para-hydroxylation sites is 1. The standard InChI is InChI=1S/C22H24N4/c1-16-9-11-18(12-10-16)15-23-22-24-17(2)14-21(25-22)26-13-5-7-19-6-3-4-8-20(19)26/h3-4,6,8-12,14H,5,7,13,15H2,1-2H3,(H,23,24,25). The van der Waals surface area contributed by atoms with Gasteiger partial charge in [0, 0.05) is 30.5 Å². The molecule has 3 aromatic rings. The van der Waals surface area contributed by atoms with Crippen LogP contribution in [0.2, 0.25) is 0 Å². The number of aromatic nitrogens is 2. The van der Waals surface area contributed by atoms with Crippen molar-refractivity contribution in [1.82, 2.24) is 9.97 Å². The number of hydrogen-bond acceptors (Lipinski definition) is 4. The summed E-state index contributed by atoms with van der Waals surface area (Å²) in [5.74, 6) is 1.65. The van der Waals surface area contributed by atoms with Crippen molar-refractivity contribution in [3.8, 4) is 0 Å². The summed E-state index contributed by atoms with van der Waals surface area (Å²) in [5.41, 5.74) is 6.13. The summed E-state index contributed by atoms with van der Waals surface area (Å²) in [7, 11) is 0. The van der Waals surface area contributed by atoms with Crippen LogP contribution in [-0.2, 0) is 13.0 Å². The molecule has 4 heteroatoms. The van der Waals surface area contributed by atoms with Crippen molar-refractivity contribution in [3.63, 3.8) is 0 Å². The van der Waals surface area contributed by atoms with E-state index in [1.54, 1.807) is 0 Å². The molecule has 26 heavy (non-hydrogen) atoms. The fourth-order valence-corrected chi connectivity index (χ4v) is 3.43. The Morgan fingerprint density at radius 3 is 2.65 bits per heavy atom. The topological polar surface area (TPSA) is 41.1 Å². The van der Waals surface area contributed by atoms with Crippen molar-refractivity contribution in [3.05, 3.63) is 77.0 Å². The third-order valence-corrected chi connectivity index (χ3v) is 4.80. The van der Waals surface area contributed by atoms with Crippen LogP contribution in [0.1, 0.15) is 28.8 Å². The van der Waals surface area contributed by atoms with Crippen LogP contribution in [0, 0.1) is 13.8 Å². The molecule has 0 atom stereocenters. The summed E-state index contributed by atoms with van der Waals surface area (Å²) in [6, 6.07) is 19.2. The monoisotopic (exact) mass is 344 g/mol. The van der Waals surface area contributed by atoms with Crippen molar-refractivity contribution < 1.29 is 0 Å². The van der Waals surface area contributed by atoms with Crippen molar-refractivity contribution in [2.24, 2.45) is 0 Å². The lowest BCUT2D eigenvalue weighted by Gasteiger charge is -2.30. The molecule has 1 aliphatic rings. The number of rotatable bonds is 4. The van der Waals surface area contributed by atoms with Crippen LogP contribution in [0.3, 0.4) is 0 Å². The number of hydrogen-bond donors (Lipinski definition) is 1. The van der Waals surface area contributed by atoms with Gasteiger partial charge in [-0.1, -0.05) is 48.0 Å². The lowest BCUT2D eigenvalue weighted by molar-refractivity contribution is 0.758. The zero-order valence-corrected chi connectivity index (χ0v) is 15.4. The minimum absolute atomic E-state index is 0.684. The third kappa shape index (κ3) is 3.54. The SMILES string of the molecule is Cc1ccc(CNc2nc(C)cc(N3CCCc4ccccc43)n2)cc1. The number of benzene rings is 2. The maximum atomic E-state index is 4.79.